The first-order valence-corrected chi connectivity index (χ1v) is 8.05. The third kappa shape index (κ3) is 3.89. The van der Waals surface area contributed by atoms with Gasteiger partial charge < -0.3 is 4.74 Å². The van der Waals surface area contributed by atoms with Gasteiger partial charge in [0.2, 0.25) is 0 Å². The maximum Gasteiger partial charge on any atom is 0.0720 e. The van der Waals surface area contributed by atoms with E-state index < -0.39 is 0 Å². The largest absolute Gasteiger partial charge is 0.374 e. The smallest absolute Gasteiger partial charge is 0.0720 e. The summed E-state index contributed by atoms with van der Waals surface area (Å²) in [7, 11) is 0. The van der Waals surface area contributed by atoms with Gasteiger partial charge in [-0.25, -0.2) is 4.99 Å². The summed E-state index contributed by atoms with van der Waals surface area (Å²) < 4.78 is 5.93. The van der Waals surface area contributed by atoms with Crippen molar-refractivity contribution in [2.45, 2.75) is 25.6 Å². The minimum Gasteiger partial charge on any atom is -0.374 e. The third-order valence-electron chi connectivity index (χ3n) is 4.15. The molecule has 1 aliphatic rings. The van der Waals surface area contributed by atoms with Gasteiger partial charge in [0, 0.05) is 0 Å². The molecule has 0 heterocycles. The Morgan fingerprint density at radius 2 is 1.68 bits per heavy atom. The standard InChI is InChI=1S/C19H19NOS/c22-14-20-12-16-10-19(11-16)21-13-15-6-8-18(9-7-15)17-4-2-1-3-5-17/h1-9,16,19H,10-13H2. The van der Waals surface area contributed by atoms with Crippen LogP contribution in [0.5, 0.6) is 0 Å². The van der Waals surface area contributed by atoms with Gasteiger partial charge in [-0.2, -0.15) is 0 Å². The number of hydrogen-bond acceptors (Lipinski definition) is 3. The first-order chi connectivity index (χ1) is 10.8. The van der Waals surface area contributed by atoms with E-state index in [9.17, 15) is 0 Å². The highest BCUT2D eigenvalue weighted by molar-refractivity contribution is 7.78. The fraction of sp³-hybridized carbons (Fsp3) is 0.316. The number of nitrogens with zero attached hydrogens (tertiary/aromatic N) is 1. The predicted octanol–water partition coefficient (Wildman–Crippen LogP) is 4.75. The first-order valence-electron chi connectivity index (χ1n) is 7.65. The lowest BCUT2D eigenvalue weighted by atomic mass is 9.82. The van der Waals surface area contributed by atoms with Gasteiger partial charge in [-0.15, -0.1) is 0 Å². The molecular weight excluding hydrogens is 290 g/mol. The summed E-state index contributed by atoms with van der Waals surface area (Å²) in [5, 5.41) is 2.43. The second-order valence-electron chi connectivity index (χ2n) is 5.77. The lowest BCUT2D eigenvalue weighted by Crippen LogP contribution is -2.32. The summed E-state index contributed by atoms with van der Waals surface area (Å²) in [4.78, 5) is 3.99. The van der Waals surface area contributed by atoms with Gasteiger partial charge in [0.05, 0.1) is 24.4 Å². The highest BCUT2D eigenvalue weighted by Gasteiger charge is 2.29. The molecule has 2 aromatic rings. The predicted molar refractivity (Wildman–Crippen MR) is 93.1 cm³/mol. The van der Waals surface area contributed by atoms with Crippen molar-refractivity contribution in [3.8, 4) is 11.1 Å². The van der Waals surface area contributed by atoms with Crippen LogP contribution >= 0.6 is 12.2 Å². The van der Waals surface area contributed by atoms with Crippen LogP contribution in [0.1, 0.15) is 18.4 Å². The lowest BCUT2D eigenvalue weighted by Gasteiger charge is -2.33. The van der Waals surface area contributed by atoms with Crippen molar-refractivity contribution < 1.29 is 4.74 Å². The van der Waals surface area contributed by atoms with Gasteiger partial charge in [0.15, 0.2) is 0 Å². The Kier molecular flexibility index (Phi) is 5.12. The van der Waals surface area contributed by atoms with Crippen LogP contribution in [0.15, 0.2) is 59.6 Å². The number of rotatable bonds is 6. The zero-order chi connectivity index (χ0) is 15.2. The van der Waals surface area contributed by atoms with Crippen LogP contribution in [0.3, 0.4) is 0 Å². The molecule has 0 atom stereocenters. The number of thiocarbonyl (C=S) groups is 1. The van der Waals surface area contributed by atoms with Crippen LogP contribution in [0.2, 0.25) is 0 Å². The van der Waals surface area contributed by atoms with Crippen LogP contribution in [0.25, 0.3) is 11.1 Å². The molecule has 1 saturated carbocycles. The monoisotopic (exact) mass is 309 g/mol. The molecule has 0 spiro atoms. The van der Waals surface area contributed by atoms with Gasteiger partial charge in [0.1, 0.15) is 0 Å². The average Bonchev–Trinajstić information content (AvgIpc) is 2.54. The molecule has 0 aliphatic heterocycles. The second kappa shape index (κ2) is 7.46. The summed E-state index contributed by atoms with van der Waals surface area (Å²) >= 11 is 4.58. The summed E-state index contributed by atoms with van der Waals surface area (Å²) in [5.41, 5.74) is 3.71. The van der Waals surface area contributed by atoms with E-state index in [4.69, 9.17) is 4.74 Å². The second-order valence-corrected chi connectivity index (χ2v) is 5.95. The van der Waals surface area contributed by atoms with Crippen molar-refractivity contribution in [3.05, 3.63) is 60.2 Å². The van der Waals surface area contributed by atoms with Crippen LogP contribution in [0, 0.1) is 5.92 Å². The fourth-order valence-corrected chi connectivity index (χ4v) is 2.84. The SMILES string of the molecule is S=C=NCC1CC(OCc2ccc(-c3ccccc3)cc2)C1. The maximum atomic E-state index is 5.93. The minimum absolute atomic E-state index is 0.374. The summed E-state index contributed by atoms with van der Waals surface area (Å²) in [5.74, 6) is 0.626. The lowest BCUT2D eigenvalue weighted by molar-refractivity contribution is -0.0374. The average molecular weight is 309 g/mol. The van der Waals surface area contributed by atoms with Crippen molar-refractivity contribution in [2.24, 2.45) is 10.9 Å². The molecular formula is C19H19NOS. The Balaban J connectivity index is 1.47. The molecule has 2 aromatic carbocycles. The normalized spacial score (nSPS) is 20.0. The molecule has 112 valence electrons. The van der Waals surface area contributed by atoms with Crippen molar-refractivity contribution in [1.29, 1.82) is 0 Å². The molecule has 0 radical (unpaired) electrons. The van der Waals surface area contributed by atoms with E-state index in [1.807, 2.05) is 6.07 Å². The molecule has 3 heteroatoms. The Morgan fingerprint density at radius 1 is 1.00 bits per heavy atom. The third-order valence-corrected chi connectivity index (χ3v) is 4.28. The zero-order valence-electron chi connectivity index (χ0n) is 12.4. The summed E-state index contributed by atoms with van der Waals surface area (Å²) in [6.07, 6.45) is 2.55. The molecule has 3 rings (SSSR count). The zero-order valence-corrected chi connectivity index (χ0v) is 13.3. The molecule has 22 heavy (non-hydrogen) atoms. The van der Waals surface area contributed by atoms with E-state index in [0.29, 0.717) is 18.6 Å². The topological polar surface area (TPSA) is 21.6 Å². The molecule has 1 fully saturated rings. The summed E-state index contributed by atoms with van der Waals surface area (Å²) in [6, 6.07) is 19.0. The van der Waals surface area contributed by atoms with Crippen LogP contribution in [-0.2, 0) is 11.3 Å². The van der Waals surface area contributed by atoms with E-state index in [0.717, 1.165) is 19.4 Å². The number of aliphatic imine (C=N–C) groups is 1. The number of ether oxygens (including phenoxy) is 1. The van der Waals surface area contributed by atoms with Gasteiger partial charge in [-0.05, 0) is 47.7 Å². The van der Waals surface area contributed by atoms with Crippen molar-refractivity contribution in [3.63, 3.8) is 0 Å². The number of benzene rings is 2. The van der Waals surface area contributed by atoms with Gasteiger partial charge in [-0.1, -0.05) is 54.6 Å². The van der Waals surface area contributed by atoms with Crippen molar-refractivity contribution >= 4 is 17.4 Å². The van der Waals surface area contributed by atoms with E-state index >= 15 is 0 Å². The van der Waals surface area contributed by atoms with E-state index in [2.05, 4.69) is 70.9 Å². The Bertz CT molecular complexity index is 641. The van der Waals surface area contributed by atoms with Gasteiger partial charge >= 0.3 is 0 Å². The first kappa shape index (κ1) is 15.1. The molecule has 0 bridgehead atoms. The Labute approximate surface area is 136 Å². The molecule has 1 aliphatic carbocycles. The van der Waals surface area contributed by atoms with Crippen LogP contribution in [0.4, 0.5) is 0 Å². The number of isothiocyanates is 1. The van der Waals surface area contributed by atoms with E-state index in [1.54, 1.807) is 0 Å². The number of hydrogen-bond donors (Lipinski definition) is 0. The highest BCUT2D eigenvalue weighted by atomic mass is 32.1. The quantitative estimate of drug-likeness (QED) is 0.567. The molecule has 0 saturated heterocycles. The molecule has 0 N–H and O–H groups in total. The van der Waals surface area contributed by atoms with E-state index in [1.165, 1.54) is 16.7 Å². The van der Waals surface area contributed by atoms with Crippen molar-refractivity contribution in [2.75, 3.05) is 6.54 Å². The molecule has 2 nitrogen and oxygen atoms in total. The molecule has 0 aromatic heterocycles. The van der Waals surface area contributed by atoms with Crippen molar-refractivity contribution in [1.82, 2.24) is 0 Å². The Hall–Kier alpha value is -1.80. The maximum absolute atomic E-state index is 5.93. The summed E-state index contributed by atoms with van der Waals surface area (Å²) in [6.45, 7) is 1.48. The van der Waals surface area contributed by atoms with Gasteiger partial charge in [0.25, 0.3) is 0 Å². The minimum atomic E-state index is 0.374. The molecule has 0 amide bonds. The van der Waals surface area contributed by atoms with Crippen LogP contribution < -0.4 is 0 Å². The van der Waals surface area contributed by atoms with Crippen LogP contribution in [-0.4, -0.2) is 17.8 Å². The molecule has 0 unspecified atom stereocenters. The van der Waals surface area contributed by atoms with E-state index in [-0.39, 0.29) is 0 Å². The highest BCUT2D eigenvalue weighted by Crippen LogP contribution is 2.31. The fourth-order valence-electron chi connectivity index (χ4n) is 2.76. The Morgan fingerprint density at radius 3 is 2.36 bits per heavy atom. The van der Waals surface area contributed by atoms with Gasteiger partial charge in [-0.3, -0.25) is 0 Å².